The third kappa shape index (κ3) is 7.07. The van der Waals surface area contributed by atoms with Crippen molar-refractivity contribution in [3.05, 3.63) is 11.8 Å². The van der Waals surface area contributed by atoms with Crippen LogP contribution in [0.2, 0.25) is 0 Å². The van der Waals surface area contributed by atoms with Gasteiger partial charge in [0.05, 0.1) is 6.61 Å². The standard InChI is InChI=1S/C20H33N5O4/c1-6-10-21-18-22-12-15(17(26)28-7-2)16(24-18)23-14-9-8-11-25(13-14)19(27)29-20(3,4)5/h12,14H,6-11,13H2,1-5H3,(H2,21,22,23,24). The Balaban J connectivity index is 2.15. The molecule has 1 atom stereocenters. The SMILES string of the molecule is CCCNc1ncc(C(=O)OCC)c(NC2CCCN(C(=O)OC(C)(C)C)C2)n1. The molecule has 0 aromatic carbocycles. The second kappa shape index (κ2) is 10.3. The van der Waals surface area contributed by atoms with Crippen molar-refractivity contribution in [1.82, 2.24) is 14.9 Å². The zero-order valence-electron chi connectivity index (χ0n) is 18.1. The first-order chi connectivity index (χ1) is 13.7. The van der Waals surface area contributed by atoms with Crippen LogP contribution in [0.3, 0.4) is 0 Å². The van der Waals surface area contributed by atoms with E-state index in [-0.39, 0.29) is 24.3 Å². The number of nitrogens with zero attached hydrogens (tertiary/aromatic N) is 3. The molecule has 9 heteroatoms. The topological polar surface area (TPSA) is 106 Å². The van der Waals surface area contributed by atoms with Crippen LogP contribution in [0.5, 0.6) is 0 Å². The molecule has 0 radical (unpaired) electrons. The van der Waals surface area contributed by atoms with Crippen LogP contribution in [0, 0.1) is 0 Å². The van der Waals surface area contributed by atoms with Crippen molar-refractivity contribution in [2.75, 3.05) is 36.9 Å². The van der Waals surface area contributed by atoms with Crippen LogP contribution >= 0.6 is 0 Å². The zero-order chi connectivity index (χ0) is 21.4. The number of ether oxygens (including phenoxy) is 2. The lowest BCUT2D eigenvalue weighted by atomic mass is 10.1. The predicted molar refractivity (Wildman–Crippen MR) is 111 cm³/mol. The summed E-state index contributed by atoms with van der Waals surface area (Å²) in [5.74, 6) is 0.382. The molecule has 1 aromatic heterocycles. The largest absolute Gasteiger partial charge is 0.462 e. The highest BCUT2D eigenvalue weighted by atomic mass is 16.6. The van der Waals surface area contributed by atoms with E-state index in [1.165, 1.54) is 6.20 Å². The number of anilines is 2. The van der Waals surface area contributed by atoms with Gasteiger partial charge in [-0.2, -0.15) is 4.98 Å². The van der Waals surface area contributed by atoms with Crippen molar-refractivity contribution in [1.29, 1.82) is 0 Å². The summed E-state index contributed by atoms with van der Waals surface area (Å²) in [6.07, 6.45) is 3.75. The Labute approximate surface area is 172 Å². The van der Waals surface area contributed by atoms with Crippen molar-refractivity contribution < 1.29 is 19.1 Å². The number of likely N-dealkylation sites (tertiary alicyclic amines) is 1. The fraction of sp³-hybridized carbons (Fsp3) is 0.700. The molecular weight excluding hydrogens is 374 g/mol. The van der Waals surface area contributed by atoms with E-state index in [1.807, 2.05) is 27.7 Å². The molecule has 2 rings (SSSR count). The van der Waals surface area contributed by atoms with E-state index >= 15 is 0 Å². The minimum Gasteiger partial charge on any atom is -0.462 e. The van der Waals surface area contributed by atoms with E-state index in [2.05, 4.69) is 20.6 Å². The zero-order valence-corrected chi connectivity index (χ0v) is 18.1. The molecule has 1 aliphatic heterocycles. The molecule has 9 nitrogen and oxygen atoms in total. The van der Waals surface area contributed by atoms with Crippen LogP contribution in [0.4, 0.5) is 16.6 Å². The summed E-state index contributed by atoms with van der Waals surface area (Å²) in [5.41, 5.74) is -0.260. The van der Waals surface area contributed by atoms with Crippen molar-refractivity contribution in [2.24, 2.45) is 0 Å². The monoisotopic (exact) mass is 407 g/mol. The Morgan fingerprint density at radius 3 is 2.72 bits per heavy atom. The predicted octanol–water partition coefficient (Wildman–Crippen LogP) is 3.29. The number of esters is 1. The number of hydrogen-bond donors (Lipinski definition) is 2. The third-order valence-corrected chi connectivity index (χ3v) is 4.23. The number of piperidine rings is 1. The van der Waals surface area contributed by atoms with E-state index in [0.717, 1.165) is 25.8 Å². The van der Waals surface area contributed by atoms with Gasteiger partial charge in [-0.3, -0.25) is 0 Å². The summed E-state index contributed by atoms with van der Waals surface area (Å²) < 4.78 is 10.6. The summed E-state index contributed by atoms with van der Waals surface area (Å²) in [4.78, 5) is 35.1. The first kappa shape index (κ1) is 22.7. The molecular formula is C20H33N5O4. The molecule has 2 heterocycles. The van der Waals surface area contributed by atoms with Crippen LogP contribution < -0.4 is 10.6 Å². The van der Waals surface area contributed by atoms with Gasteiger partial charge in [0.15, 0.2) is 0 Å². The molecule has 1 aromatic rings. The minimum atomic E-state index is -0.541. The second-order valence-corrected chi connectivity index (χ2v) is 8.01. The summed E-state index contributed by atoms with van der Waals surface area (Å²) in [6, 6.07) is -0.0571. The van der Waals surface area contributed by atoms with E-state index in [0.29, 0.717) is 24.9 Å². The van der Waals surface area contributed by atoms with Gasteiger partial charge in [0.2, 0.25) is 5.95 Å². The van der Waals surface area contributed by atoms with Crippen molar-refractivity contribution >= 4 is 23.8 Å². The summed E-state index contributed by atoms with van der Waals surface area (Å²) in [6.45, 7) is 11.5. The quantitative estimate of drug-likeness (QED) is 0.663. The summed E-state index contributed by atoms with van der Waals surface area (Å²) >= 11 is 0. The maximum atomic E-state index is 12.4. The highest BCUT2D eigenvalue weighted by Gasteiger charge is 2.29. The maximum Gasteiger partial charge on any atom is 0.410 e. The minimum absolute atomic E-state index is 0.0571. The lowest BCUT2D eigenvalue weighted by molar-refractivity contribution is 0.0205. The van der Waals surface area contributed by atoms with Crippen LogP contribution in [0.1, 0.15) is 64.2 Å². The smallest absolute Gasteiger partial charge is 0.410 e. The molecule has 0 saturated carbocycles. The highest BCUT2D eigenvalue weighted by molar-refractivity contribution is 5.94. The van der Waals surface area contributed by atoms with Gasteiger partial charge in [-0.25, -0.2) is 14.6 Å². The van der Waals surface area contributed by atoms with Crippen LogP contribution in [-0.2, 0) is 9.47 Å². The van der Waals surface area contributed by atoms with Gasteiger partial charge in [-0.05, 0) is 47.0 Å². The molecule has 1 aliphatic rings. The third-order valence-electron chi connectivity index (χ3n) is 4.23. The van der Waals surface area contributed by atoms with E-state index < -0.39 is 11.6 Å². The van der Waals surface area contributed by atoms with Crippen molar-refractivity contribution in [2.45, 2.75) is 65.5 Å². The van der Waals surface area contributed by atoms with Crippen LogP contribution in [-0.4, -0.2) is 64.8 Å². The normalized spacial score (nSPS) is 16.9. The Hall–Kier alpha value is -2.58. The number of carbonyl (C=O) groups excluding carboxylic acids is 2. The number of rotatable bonds is 7. The molecule has 1 fully saturated rings. The molecule has 0 spiro atoms. The average molecular weight is 408 g/mol. The number of carbonyl (C=O) groups is 2. The Morgan fingerprint density at radius 1 is 1.31 bits per heavy atom. The summed E-state index contributed by atoms with van der Waals surface area (Å²) in [5, 5.41) is 6.44. The Morgan fingerprint density at radius 2 is 2.07 bits per heavy atom. The average Bonchev–Trinajstić information content (AvgIpc) is 2.65. The molecule has 29 heavy (non-hydrogen) atoms. The number of amides is 1. The number of nitrogens with one attached hydrogen (secondary N) is 2. The lowest BCUT2D eigenvalue weighted by Crippen LogP contribution is -2.47. The lowest BCUT2D eigenvalue weighted by Gasteiger charge is -2.34. The molecule has 2 N–H and O–H groups in total. The van der Waals surface area contributed by atoms with Gasteiger partial charge in [0, 0.05) is 31.9 Å². The number of aromatic nitrogens is 2. The number of hydrogen-bond acceptors (Lipinski definition) is 8. The molecule has 1 unspecified atom stereocenters. The van der Waals surface area contributed by atoms with Gasteiger partial charge in [-0.15, -0.1) is 0 Å². The Kier molecular flexibility index (Phi) is 8.04. The Bertz CT molecular complexity index is 705. The first-order valence-corrected chi connectivity index (χ1v) is 10.3. The maximum absolute atomic E-state index is 12.4. The summed E-state index contributed by atoms with van der Waals surface area (Å²) in [7, 11) is 0. The van der Waals surface area contributed by atoms with Gasteiger partial charge >= 0.3 is 12.1 Å². The van der Waals surface area contributed by atoms with Gasteiger partial charge in [0.1, 0.15) is 17.0 Å². The fourth-order valence-electron chi connectivity index (χ4n) is 2.95. The van der Waals surface area contributed by atoms with E-state index in [4.69, 9.17) is 9.47 Å². The van der Waals surface area contributed by atoms with Gasteiger partial charge in [-0.1, -0.05) is 6.92 Å². The van der Waals surface area contributed by atoms with E-state index in [1.54, 1.807) is 11.8 Å². The first-order valence-electron chi connectivity index (χ1n) is 10.3. The van der Waals surface area contributed by atoms with Crippen molar-refractivity contribution in [3.63, 3.8) is 0 Å². The van der Waals surface area contributed by atoms with E-state index in [9.17, 15) is 9.59 Å². The van der Waals surface area contributed by atoms with Gasteiger partial charge in [0.25, 0.3) is 0 Å². The molecule has 0 aliphatic carbocycles. The molecule has 1 saturated heterocycles. The van der Waals surface area contributed by atoms with Crippen LogP contribution in [0.25, 0.3) is 0 Å². The fourth-order valence-corrected chi connectivity index (χ4v) is 2.95. The molecule has 1 amide bonds. The molecule has 162 valence electrons. The molecule has 0 bridgehead atoms. The second-order valence-electron chi connectivity index (χ2n) is 8.01. The van der Waals surface area contributed by atoms with Crippen molar-refractivity contribution in [3.8, 4) is 0 Å². The van der Waals surface area contributed by atoms with Crippen LogP contribution in [0.15, 0.2) is 6.20 Å². The van der Waals surface area contributed by atoms with Gasteiger partial charge < -0.3 is 25.0 Å². The highest BCUT2D eigenvalue weighted by Crippen LogP contribution is 2.21.